The quantitative estimate of drug-likeness (QED) is 0.539. The molecule has 0 spiro atoms. The number of nitrogens with zero attached hydrogens (tertiary/aromatic N) is 3. The molecular weight excluding hydrogens is 388 g/mol. The standard InChI is InChI=1S/C17H14N4O4S2/c1-21-13-6-3-9(15(22)23)7-12(13)18-16(21)20-17-19-11-5-4-10(27(2,24)25)8-14(11)26-17/h3-8H,1-2H3,(H,22,23)(H,18,19,20). The van der Waals surface area contributed by atoms with Gasteiger partial charge in [-0.3, -0.25) is 0 Å². The number of hydrogen-bond donors (Lipinski definition) is 2. The van der Waals surface area contributed by atoms with Crippen LogP contribution in [0.3, 0.4) is 0 Å². The molecule has 27 heavy (non-hydrogen) atoms. The number of carboxylic acid groups (broad SMARTS) is 1. The van der Waals surface area contributed by atoms with Gasteiger partial charge in [0.05, 0.1) is 31.7 Å². The summed E-state index contributed by atoms with van der Waals surface area (Å²) in [5, 5.41) is 12.8. The molecule has 138 valence electrons. The molecule has 4 aromatic rings. The van der Waals surface area contributed by atoms with Crippen molar-refractivity contribution in [2.24, 2.45) is 7.05 Å². The van der Waals surface area contributed by atoms with Crippen LogP contribution in [0.4, 0.5) is 11.1 Å². The van der Waals surface area contributed by atoms with E-state index in [4.69, 9.17) is 5.11 Å². The number of benzene rings is 2. The summed E-state index contributed by atoms with van der Waals surface area (Å²) in [7, 11) is -1.47. The number of imidazole rings is 1. The van der Waals surface area contributed by atoms with Crippen molar-refractivity contribution in [1.82, 2.24) is 14.5 Å². The molecule has 0 aliphatic carbocycles. The highest BCUT2D eigenvalue weighted by Gasteiger charge is 2.14. The number of anilines is 2. The summed E-state index contributed by atoms with van der Waals surface area (Å²) in [6, 6.07) is 9.54. The molecular formula is C17H14N4O4S2. The topological polar surface area (TPSA) is 114 Å². The zero-order valence-corrected chi connectivity index (χ0v) is 15.9. The van der Waals surface area contributed by atoms with E-state index in [1.54, 1.807) is 22.8 Å². The Balaban J connectivity index is 1.73. The fraction of sp³-hybridized carbons (Fsp3) is 0.118. The number of rotatable bonds is 4. The molecule has 0 fully saturated rings. The Bertz CT molecular complexity index is 1320. The van der Waals surface area contributed by atoms with Crippen molar-refractivity contribution in [3.8, 4) is 0 Å². The fourth-order valence-electron chi connectivity index (χ4n) is 2.73. The highest BCUT2D eigenvalue weighted by atomic mass is 32.2. The maximum absolute atomic E-state index is 11.7. The predicted molar refractivity (Wildman–Crippen MR) is 104 cm³/mol. The molecule has 0 atom stereocenters. The second kappa shape index (κ2) is 6.03. The Labute approximate surface area is 158 Å². The van der Waals surface area contributed by atoms with Crippen LogP contribution in [0.1, 0.15) is 10.4 Å². The number of sulfone groups is 1. The van der Waals surface area contributed by atoms with Crippen LogP contribution in [0.5, 0.6) is 0 Å². The number of aryl methyl sites for hydroxylation is 1. The molecule has 10 heteroatoms. The average molecular weight is 402 g/mol. The maximum Gasteiger partial charge on any atom is 0.335 e. The van der Waals surface area contributed by atoms with E-state index in [-0.39, 0.29) is 10.5 Å². The monoisotopic (exact) mass is 402 g/mol. The number of fused-ring (bicyclic) bond motifs is 2. The third kappa shape index (κ3) is 3.13. The number of nitrogens with one attached hydrogen (secondary N) is 1. The van der Waals surface area contributed by atoms with Gasteiger partial charge in [0.2, 0.25) is 5.95 Å². The highest BCUT2D eigenvalue weighted by Crippen LogP contribution is 2.30. The minimum atomic E-state index is -3.29. The minimum Gasteiger partial charge on any atom is -0.478 e. The van der Waals surface area contributed by atoms with Crippen LogP contribution >= 0.6 is 11.3 Å². The fourth-order valence-corrected chi connectivity index (χ4v) is 4.35. The second-order valence-corrected chi connectivity index (χ2v) is 9.10. The number of thiazole rings is 1. The summed E-state index contributed by atoms with van der Waals surface area (Å²) in [5.74, 6) is -0.500. The van der Waals surface area contributed by atoms with Crippen molar-refractivity contribution < 1.29 is 18.3 Å². The second-order valence-electron chi connectivity index (χ2n) is 6.05. The Kier molecular flexibility index (Phi) is 3.89. The summed E-state index contributed by atoms with van der Waals surface area (Å²) >= 11 is 1.31. The van der Waals surface area contributed by atoms with Crippen LogP contribution in [0.25, 0.3) is 21.3 Å². The normalized spacial score (nSPS) is 11.9. The van der Waals surface area contributed by atoms with Crippen molar-refractivity contribution in [3.05, 3.63) is 42.0 Å². The molecule has 0 aliphatic heterocycles. The highest BCUT2D eigenvalue weighted by molar-refractivity contribution is 7.90. The molecule has 0 saturated carbocycles. The lowest BCUT2D eigenvalue weighted by molar-refractivity contribution is 0.0697. The van der Waals surface area contributed by atoms with E-state index in [0.29, 0.717) is 22.1 Å². The van der Waals surface area contributed by atoms with E-state index in [2.05, 4.69) is 15.3 Å². The molecule has 0 radical (unpaired) electrons. The van der Waals surface area contributed by atoms with E-state index in [1.807, 2.05) is 7.05 Å². The lowest BCUT2D eigenvalue weighted by Gasteiger charge is -2.02. The van der Waals surface area contributed by atoms with Crippen LogP contribution in [0.2, 0.25) is 0 Å². The van der Waals surface area contributed by atoms with Gasteiger partial charge in [0, 0.05) is 13.3 Å². The lowest BCUT2D eigenvalue weighted by Crippen LogP contribution is -1.98. The van der Waals surface area contributed by atoms with Crippen molar-refractivity contribution in [1.29, 1.82) is 0 Å². The van der Waals surface area contributed by atoms with Gasteiger partial charge in [-0.05, 0) is 36.4 Å². The summed E-state index contributed by atoms with van der Waals surface area (Å²) in [6.07, 6.45) is 1.17. The van der Waals surface area contributed by atoms with Crippen LogP contribution in [-0.4, -0.2) is 40.3 Å². The first kappa shape index (κ1) is 17.4. The molecule has 0 aliphatic rings. The third-order valence-electron chi connectivity index (χ3n) is 4.13. The lowest BCUT2D eigenvalue weighted by atomic mass is 10.2. The molecule has 0 bridgehead atoms. The molecule has 8 nitrogen and oxygen atoms in total. The Hall–Kier alpha value is -2.98. The smallest absolute Gasteiger partial charge is 0.335 e. The number of aromatic carboxylic acids is 1. The van der Waals surface area contributed by atoms with Crippen molar-refractivity contribution in [2.75, 3.05) is 11.6 Å². The molecule has 2 aromatic carbocycles. The number of carboxylic acids is 1. The van der Waals surface area contributed by atoms with E-state index >= 15 is 0 Å². The summed E-state index contributed by atoms with van der Waals surface area (Å²) < 4.78 is 26.0. The Morgan fingerprint density at radius 1 is 1.15 bits per heavy atom. The van der Waals surface area contributed by atoms with Crippen LogP contribution < -0.4 is 5.32 Å². The van der Waals surface area contributed by atoms with E-state index < -0.39 is 15.8 Å². The molecule has 2 aromatic heterocycles. The number of hydrogen-bond acceptors (Lipinski definition) is 7. The van der Waals surface area contributed by atoms with Crippen LogP contribution in [-0.2, 0) is 16.9 Å². The van der Waals surface area contributed by atoms with Gasteiger partial charge < -0.3 is 15.0 Å². The summed E-state index contributed by atoms with van der Waals surface area (Å²) in [5.41, 5.74) is 2.19. The molecule has 4 rings (SSSR count). The molecule has 0 amide bonds. The van der Waals surface area contributed by atoms with Crippen LogP contribution in [0, 0.1) is 0 Å². The van der Waals surface area contributed by atoms with Crippen LogP contribution in [0.15, 0.2) is 41.3 Å². The zero-order valence-electron chi connectivity index (χ0n) is 14.3. The van der Waals surface area contributed by atoms with Gasteiger partial charge >= 0.3 is 5.97 Å². The molecule has 0 unspecified atom stereocenters. The summed E-state index contributed by atoms with van der Waals surface area (Å²) in [6.45, 7) is 0. The largest absolute Gasteiger partial charge is 0.478 e. The van der Waals surface area contributed by atoms with Gasteiger partial charge in [-0.15, -0.1) is 0 Å². The van der Waals surface area contributed by atoms with Crippen molar-refractivity contribution in [3.63, 3.8) is 0 Å². The Morgan fingerprint density at radius 3 is 2.63 bits per heavy atom. The first-order valence-corrected chi connectivity index (χ1v) is 10.5. The van der Waals surface area contributed by atoms with Gasteiger partial charge in [-0.25, -0.2) is 23.2 Å². The average Bonchev–Trinajstić information content (AvgIpc) is 3.14. The first-order valence-electron chi connectivity index (χ1n) is 7.80. The van der Waals surface area contributed by atoms with Gasteiger partial charge in [0.25, 0.3) is 0 Å². The number of aromatic nitrogens is 3. The molecule has 2 N–H and O–H groups in total. The first-order chi connectivity index (χ1) is 12.7. The van der Waals surface area contributed by atoms with Gasteiger partial charge in [0.1, 0.15) is 0 Å². The SMILES string of the molecule is Cn1c(Nc2nc3ccc(S(C)(=O)=O)cc3s2)nc2cc(C(=O)O)ccc21. The summed E-state index contributed by atoms with van der Waals surface area (Å²) in [4.78, 5) is 20.3. The van der Waals surface area contributed by atoms with Crippen molar-refractivity contribution >= 4 is 59.5 Å². The maximum atomic E-state index is 11.7. The molecule has 0 saturated heterocycles. The zero-order chi connectivity index (χ0) is 19.3. The van der Waals surface area contributed by atoms with E-state index in [0.717, 1.165) is 10.2 Å². The predicted octanol–water partition coefficient (Wildman–Crippen LogP) is 3.03. The van der Waals surface area contributed by atoms with E-state index in [9.17, 15) is 13.2 Å². The number of carbonyl (C=O) groups is 1. The van der Waals surface area contributed by atoms with Gasteiger partial charge in [-0.2, -0.15) is 0 Å². The third-order valence-corrected chi connectivity index (χ3v) is 6.18. The minimum absolute atomic E-state index is 0.167. The Morgan fingerprint density at radius 2 is 1.93 bits per heavy atom. The van der Waals surface area contributed by atoms with Gasteiger partial charge in [0.15, 0.2) is 15.0 Å². The van der Waals surface area contributed by atoms with Crippen molar-refractivity contribution in [2.45, 2.75) is 4.90 Å². The molecule has 2 heterocycles. The van der Waals surface area contributed by atoms with E-state index in [1.165, 1.54) is 35.8 Å². The van der Waals surface area contributed by atoms with Gasteiger partial charge in [-0.1, -0.05) is 11.3 Å².